The lowest BCUT2D eigenvalue weighted by molar-refractivity contribution is -0.119. The molecule has 22 heavy (non-hydrogen) atoms. The molecular formula is C15H21N5O2. The summed E-state index contributed by atoms with van der Waals surface area (Å²) in [6, 6.07) is 0. The summed E-state index contributed by atoms with van der Waals surface area (Å²) in [6.45, 7) is 4.27. The van der Waals surface area contributed by atoms with Gasteiger partial charge in [-0.1, -0.05) is 0 Å². The predicted molar refractivity (Wildman–Crippen MR) is 81.6 cm³/mol. The maximum atomic E-state index is 12.4. The fraction of sp³-hybridized carbons (Fsp3) is 0.600. The second-order valence-corrected chi connectivity index (χ2v) is 5.74. The van der Waals surface area contributed by atoms with Gasteiger partial charge < -0.3 is 14.7 Å². The smallest absolute Gasteiger partial charge is 0.274 e. The van der Waals surface area contributed by atoms with Crippen molar-refractivity contribution in [2.45, 2.75) is 19.3 Å². The highest BCUT2D eigenvalue weighted by molar-refractivity contribution is 5.92. The van der Waals surface area contributed by atoms with Crippen LogP contribution in [0.2, 0.25) is 0 Å². The Morgan fingerprint density at radius 3 is 2.27 bits per heavy atom. The van der Waals surface area contributed by atoms with Gasteiger partial charge in [-0.2, -0.15) is 0 Å². The van der Waals surface area contributed by atoms with Gasteiger partial charge in [-0.25, -0.2) is 9.97 Å². The first-order valence-corrected chi connectivity index (χ1v) is 7.83. The zero-order valence-electron chi connectivity index (χ0n) is 12.6. The molecule has 0 spiro atoms. The molecule has 0 aliphatic carbocycles. The Morgan fingerprint density at radius 1 is 0.955 bits per heavy atom. The van der Waals surface area contributed by atoms with Gasteiger partial charge in [-0.05, 0) is 19.3 Å². The van der Waals surface area contributed by atoms with Crippen LogP contribution in [0, 0.1) is 0 Å². The molecule has 0 aromatic carbocycles. The lowest BCUT2D eigenvalue weighted by Gasteiger charge is -2.32. The first-order valence-electron chi connectivity index (χ1n) is 7.83. The molecule has 0 radical (unpaired) electrons. The zero-order chi connectivity index (χ0) is 15.4. The predicted octanol–water partition coefficient (Wildman–Crippen LogP) is 0.381. The number of piperazine rings is 1. The van der Waals surface area contributed by atoms with Crippen LogP contribution in [0.15, 0.2) is 12.4 Å². The second-order valence-electron chi connectivity index (χ2n) is 5.74. The van der Waals surface area contributed by atoms with Gasteiger partial charge in [0.05, 0.1) is 12.4 Å². The highest BCUT2D eigenvalue weighted by Crippen LogP contribution is 2.16. The van der Waals surface area contributed by atoms with E-state index in [-0.39, 0.29) is 5.91 Å². The number of hydrogen-bond donors (Lipinski definition) is 0. The van der Waals surface area contributed by atoms with Gasteiger partial charge in [0.1, 0.15) is 11.5 Å². The number of nitrogens with zero attached hydrogens (tertiary/aromatic N) is 5. The maximum Gasteiger partial charge on any atom is 0.274 e. The largest absolute Gasteiger partial charge is 0.355 e. The van der Waals surface area contributed by atoms with Crippen molar-refractivity contribution in [2.24, 2.45) is 0 Å². The molecule has 2 aliphatic heterocycles. The fourth-order valence-corrected chi connectivity index (χ4v) is 2.91. The average molecular weight is 303 g/mol. The van der Waals surface area contributed by atoms with Crippen molar-refractivity contribution in [3.05, 3.63) is 18.1 Å². The molecule has 0 unspecified atom stereocenters. The van der Waals surface area contributed by atoms with E-state index in [4.69, 9.17) is 0 Å². The summed E-state index contributed by atoms with van der Waals surface area (Å²) < 4.78 is 0. The molecule has 0 bridgehead atoms. The Bertz CT molecular complexity index is 519. The molecule has 3 rings (SSSR count). The van der Waals surface area contributed by atoms with E-state index >= 15 is 0 Å². The standard InChI is InChI=1S/C15H21N5O2/c21-12-18-6-8-20(9-7-18)15(22)13-10-17-14(11-16-13)19-4-2-1-3-5-19/h10-12H,1-9H2. The number of anilines is 1. The van der Waals surface area contributed by atoms with Gasteiger partial charge >= 0.3 is 0 Å². The summed E-state index contributed by atoms with van der Waals surface area (Å²) in [7, 11) is 0. The molecule has 1 aromatic heterocycles. The topological polar surface area (TPSA) is 69.6 Å². The number of amides is 2. The van der Waals surface area contributed by atoms with Crippen molar-refractivity contribution in [3.8, 4) is 0 Å². The highest BCUT2D eigenvalue weighted by atomic mass is 16.2. The van der Waals surface area contributed by atoms with E-state index < -0.39 is 0 Å². The number of carbonyl (C=O) groups is 2. The van der Waals surface area contributed by atoms with E-state index in [1.54, 1.807) is 22.2 Å². The minimum Gasteiger partial charge on any atom is -0.355 e. The number of rotatable bonds is 3. The van der Waals surface area contributed by atoms with Crippen LogP contribution in [0.1, 0.15) is 29.8 Å². The minimum atomic E-state index is -0.108. The summed E-state index contributed by atoms with van der Waals surface area (Å²) in [5.41, 5.74) is 0.375. The Balaban J connectivity index is 1.62. The SMILES string of the molecule is O=CN1CCN(C(=O)c2cnc(N3CCCCC3)cn2)CC1. The molecule has 0 atom stereocenters. The fourth-order valence-electron chi connectivity index (χ4n) is 2.91. The third-order valence-electron chi connectivity index (χ3n) is 4.29. The third-order valence-corrected chi connectivity index (χ3v) is 4.29. The molecule has 2 saturated heterocycles. The van der Waals surface area contributed by atoms with Crippen molar-refractivity contribution >= 4 is 18.1 Å². The third kappa shape index (κ3) is 3.18. The second kappa shape index (κ2) is 6.72. The van der Waals surface area contributed by atoms with Gasteiger partial charge in [-0.15, -0.1) is 0 Å². The van der Waals surface area contributed by atoms with Gasteiger partial charge in [0.2, 0.25) is 6.41 Å². The molecule has 7 heteroatoms. The average Bonchev–Trinajstić information content (AvgIpc) is 2.62. The molecule has 2 fully saturated rings. The molecule has 118 valence electrons. The Morgan fingerprint density at radius 2 is 1.68 bits per heavy atom. The van der Waals surface area contributed by atoms with E-state index in [2.05, 4.69) is 14.9 Å². The summed E-state index contributed by atoms with van der Waals surface area (Å²) in [5.74, 6) is 0.741. The van der Waals surface area contributed by atoms with Crippen molar-refractivity contribution in [1.29, 1.82) is 0 Å². The van der Waals surface area contributed by atoms with Crippen LogP contribution in [0.4, 0.5) is 5.82 Å². The van der Waals surface area contributed by atoms with Crippen molar-refractivity contribution < 1.29 is 9.59 Å². The number of carbonyl (C=O) groups excluding carboxylic acids is 2. The van der Waals surface area contributed by atoms with E-state index in [9.17, 15) is 9.59 Å². The molecule has 3 heterocycles. The van der Waals surface area contributed by atoms with Crippen LogP contribution in [0.25, 0.3) is 0 Å². The van der Waals surface area contributed by atoms with E-state index in [1.807, 2.05) is 0 Å². The highest BCUT2D eigenvalue weighted by Gasteiger charge is 2.22. The molecule has 2 amide bonds. The van der Waals surface area contributed by atoms with Gasteiger partial charge in [0, 0.05) is 39.3 Å². The van der Waals surface area contributed by atoms with Crippen LogP contribution >= 0.6 is 0 Å². The molecule has 2 aliphatic rings. The van der Waals surface area contributed by atoms with Crippen LogP contribution in [-0.2, 0) is 4.79 Å². The lowest BCUT2D eigenvalue weighted by atomic mass is 10.1. The van der Waals surface area contributed by atoms with Crippen molar-refractivity contribution in [3.63, 3.8) is 0 Å². The Labute approximate surface area is 129 Å². The van der Waals surface area contributed by atoms with Crippen molar-refractivity contribution in [1.82, 2.24) is 19.8 Å². The summed E-state index contributed by atoms with van der Waals surface area (Å²) in [6.07, 6.45) is 7.73. The summed E-state index contributed by atoms with van der Waals surface area (Å²) in [4.78, 5) is 37.4. The Kier molecular flexibility index (Phi) is 4.50. The number of aromatic nitrogens is 2. The summed E-state index contributed by atoms with van der Waals surface area (Å²) >= 11 is 0. The Hall–Kier alpha value is -2.18. The first-order chi connectivity index (χ1) is 10.8. The van der Waals surface area contributed by atoms with Crippen LogP contribution < -0.4 is 4.90 Å². The molecule has 0 saturated carbocycles. The molecular weight excluding hydrogens is 282 g/mol. The molecule has 1 aromatic rings. The first kappa shape index (κ1) is 14.7. The quantitative estimate of drug-likeness (QED) is 0.755. The van der Waals surface area contributed by atoms with Crippen LogP contribution in [-0.4, -0.2) is 71.4 Å². The van der Waals surface area contributed by atoms with Crippen LogP contribution in [0.3, 0.4) is 0 Å². The number of piperidine rings is 1. The summed E-state index contributed by atoms with van der Waals surface area (Å²) in [5, 5.41) is 0. The zero-order valence-corrected chi connectivity index (χ0v) is 12.6. The normalized spacial score (nSPS) is 19.2. The number of hydrogen-bond acceptors (Lipinski definition) is 5. The van der Waals surface area contributed by atoms with Gasteiger partial charge in [0.25, 0.3) is 5.91 Å². The van der Waals surface area contributed by atoms with Gasteiger partial charge in [-0.3, -0.25) is 9.59 Å². The molecule has 0 N–H and O–H groups in total. The van der Waals surface area contributed by atoms with Gasteiger partial charge in [0.15, 0.2) is 0 Å². The monoisotopic (exact) mass is 303 g/mol. The molecule has 7 nitrogen and oxygen atoms in total. The van der Waals surface area contributed by atoms with Crippen molar-refractivity contribution in [2.75, 3.05) is 44.2 Å². The van der Waals surface area contributed by atoms with E-state index in [0.717, 1.165) is 25.3 Å². The van der Waals surface area contributed by atoms with Crippen LogP contribution in [0.5, 0.6) is 0 Å². The lowest BCUT2D eigenvalue weighted by Crippen LogP contribution is -2.48. The van der Waals surface area contributed by atoms with E-state index in [0.29, 0.717) is 31.9 Å². The maximum absolute atomic E-state index is 12.4. The van der Waals surface area contributed by atoms with E-state index in [1.165, 1.54) is 19.3 Å². The minimum absolute atomic E-state index is 0.108.